The summed E-state index contributed by atoms with van der Waals surface area (Å²) >= 11 is 1.69. The van der Waals surface area contributed by atoms with Gasteiger partial charge >= 0.3 is 5.97 Å². The highest BCUT2D eigenvalue weighted by Gasteiger charge is 2.28. The van der Waals surface area contributed by atoms with E-state index in [4.69, 9.17) is 4.74 Å². The number of carbonyl (C=O) groups is 1. The Kier molecular flexibility index (Phi) is 9.26. The summed E-state index contributed by atoms with van der Waals surface area (Å²) in [6, 6.07) is 18.4. The molecule has 0 fully saturated rings. The van der Waals surface area contributed by atoms with Gasteiger partial charge in [-0.15, -0.1) is 11.8 Å². The molecule has 3 nitrogen and oxygen atoms in total. The van der Waals surface area contributed by atoms with Crippen LogP contribution in [0.3, 0.4) is 0 Å². The zero-order chi connectivity index (χ0) is 19.5. The van der Waals surface area contributed by atoms with Crippen molar-refractivity contribution in [2.45, 2.75) is 55.6 Å². The fourth-order valence-electron chi connectivity index (χ4n) is 3.27. The third kappa shape index (κ3) is 7.30. The maximum atomic E-state index is 11.8. The van der Waals surface area contributed by atoms with Crippen molar-refractivity contribution < 1.29 is 14.6 Å². The number of rotatable bonds is 12. The molecule has 27 heavy (non-hydrogen) atoms. The lowest BCUT2D eigenvalue weighted by molar-refractivity contribution is -0.142. The molecule has 0 saturated heterocycles. The van der Waals surface area contributed by atoms with Gasteiger partial charge in [-0.05, 0) is 55.5 Å². The minimum Gasteiger partial charge on any atom is -0.497 e. The molecule has 2 unspecified atom stereocenters. The van der Waals surface area contributed by atoms with E-state index in [0.717, 1.165) is 49.2 Å². The fraction of sp³-hybridized carbons (Fsp3) is 0.435. The van der Waals surface area contributed by atoms with Crippen LogP contribution in [-0.4, -0.2) is 23.4 Å². The minimum absolute atomic E-state index is 0.0895. The highest BCUT2D eigenvalue weighted by atomic mass is 32.2. The number of carboxylic acids is 1. The molecule has 0 aliphatic carbocycles. The molecular formula is C23H30O3S. The molecule has 0 amide bonds. The van der Waals surface area contributed by atoms with Gasteiger partial charge in [0.15, 0.2) is 0 Å². The molecule has 0 aliphatic heterocycles. The Labute approximate surface area is 167 Å². The monoisotopic (exact) mass is 386 g/mol. The van der Waals surface area contributed by atoms with E-state index >= 15 is 0 Å². The molecule has 2 atom stereocenters. The largest absolute Gasteiger partial charge is 0.497 e. The molecule has 0 saturated carbocycles. The number of hydrogen-bond acceptors (Lipinski definition) is 3. The van der Waals surface area contributed by atoms with Gasteiger partial charge in [-0.2, -0.15) is 0 Å². The standard InChI is InChI=1S/C23H30O3S/c1-3-9-21(23(24)25)22(27-20-16-14-19(26-2)15-17-20)13-8-7-12-18-10-5-4-6-11-18/h4-6,10-11,14-17,21-22H,3,7-9,12-13H2,1-2H3,(H,24,25). The van der Waals surface area contributed by atoms with Gasteiger partial charge in [0.2, 0.25) is 0 Å². The quantitative estimate of drug-likeness (QED) is 0.355. The number of thioether (sulfide) groups is 1. The van der Waals surface area contributed by atoms with Crippen LogP contribution in [0.5, 0.6) is 5.75 Å². The van der Waals surface area contributed by atoms with Crippen molar-refractivity contribution in [3.63, 3.8) is 0 Å². The van der Waals surface area contributed by atoms with Crippen molar-refractivity contribution in [3.8, 4) is 5.75 Å². The molecule has 2 aromatic rings. The van der Waals surface area contributed by atoms with Crippen LogP contribution in [0.15, 0.2) is 59.5 Å². The van der Waals surface area contributed by atoms with E-state index in [9.17, 15) is 9.90 Å². The van der Waals surface area contributed by atoms with E-state index in [1.807, 2.05) is 30.3 Å². The number of ether oxygens (including phenoxy) is 1. The lowest BCUT2D eigenvalue weighted by Crippen LogP contribution is -2.26. The number of aliphatic carboxylic acids is 1. The normalized spacial score (nSPS) is 13.1. The molecule has 2 aromatic carbocycles. The Morgan fingerprint density at radius 3 is 2.33 bits per heavy atom. The molecule has 0 aliphatic rings. The van der Waals surface area contributed by atoms with Gasteiger partial charge in [0.05, 0.1) is 13.0 Å². The van der Waals surface area contributed by atoms with Gasteiger partial charge in [0, 0.05) is 10.1 Å². The number of unbranched alkanes of at least 4 members (excludes halogenated alkanes) is 1. The molecule has 0 heterocycles. The van der Waals surface area contributed by atoms with E-state index in [1.54, 1.807) is 18.9 Å². The average molecular weight is 387 g/mol. The lowest BCUT2D eigenvalue weighted by atomic mass is 9.95. The van der Waals surface area contributed by atoms with Crippen LogP contribution in [0.25, 0.3) is 0 Å². The van der Waals surface area contributed by atoms with Crippen LogP contribution < -0.4 is 4.74 Å². The van der Waals surface area contributed by atoms with Crippen molar-refractivity contribution >= 4 is 17.7 Å². The lowest BCUT2D eigenvalue weighted by Gasteiger charge is -2.23. The maximum absolute atomic E-state index is 11.8. The molecule has 0 radical (unpaired) electrons. The zero-order valence-corrected chi connectivity index (χ0v) is 17.1. The summed E-state index contributed by atoms with van der Waals surface area (Å²) in [6.07, 6.45) is 5.70. The topological polar surface area (TPSA) is 46.5 Å². The predicted octanol–water partition coefficient (Wildman–Crippen LogP) is 6.07. The molecule has 0 spiro atoms. The Morgan fingerprint density at radius 2 is 1.74 bits per heavy atom. The molecule has 0 bridgehead atoms. The van der Waals surface area contributed by atoms with E-state index < -0.39 is 5.97 Å². The highest BCUT2D eigenvalue weighted by Crippen LogP contribution is 2.35. The first-order valence-corrected chi connectivity index (χ1v) is 10.6. The SMILES string of the molecule is CCCC(C(=O)O)C(CCCCc1ccccc1)Sc1ccc(OC)cc1. The summed E-state index contributed by atoms with van der Waals surface area (Å²) in [4.78, 5) is 12.9. The third-order valence-electron chi connectivity index (χ3n) is 4.76. The fourth-order valence-corrected chi connectivity index (χ4v) is 4.61. The maximum Gasteiger partial charge on any atom is 0.307 e. The first-order valence-electron chi connectivity index (χ1n) is 9.71. The van der Waals surface area contributed by atoms with Gasteiger partial charge in [-0.25, -0.2) is 0 Å². The average Bonchev–Trinajstić information content (AvgIpc) is 2.69. The smallest absolute Gasteiger partial charge is 0.307 e. The van der Waals surface area contributed by atoms with Crippen molar-refractivity contribution in [2.24, 2.45) is 5.92 Å². The van der Waals surface area contributed by atoms with Crippen LogP contribution in [0.2, 0.25) is 0 Å². The van der Waals surface area contributed by atoms with E-state index in [2.05, 4.69) is 31.2 Å². The van der Waals surface area contributed by atoms with Gasteiger partial charge in [-0.3, -0.25) is 4.79 Å². The van der Waals surface area contributed by atoms with Crippen molar-refractivity contribution in [3.05, 3.63) is 60.2 Å². The van der Waals surface area contributed by atoms with Crippen molar-refractivity contribution in [1.29, 1.82) is 0 Å². The Hall–Kier alpha value is -1.94. The molecule has 146 valence electrons. The number of hydrogen-bond donors (Lipinski definition) is 1. The second kappa shape index (κ2) is 11.7. The minimum atomic E-state index is -0.675. The first-order chi connectivity index (χ1) is 13.1. The van der Waals surface area contributed by atoms with Crippen LogP contribution in [-0.2, 0) is 11.2 Å². The molecule has 1 N–H and O–H groups in total. The number of aryl methyl sites for hydroxylation is 1. The summed E-state index contributed by atoms with van der Waals surface area (Å²) in [5, 5.41) is 9.83. The second-order valence-electron chi connectivity index (χ2n) is 6.80. The highest BCUT2D eigenvalue weighted by molar-refractivity contribution is 8.00. The van der Waals surface area contributed by atoms with Crippen LogP contribution >= 0.6 is 11.8 Å². The summed E-state index contributed by atoms with van der Waals surface area (Å²) in [6.45, 7) is 2.06. The van der Waals surface area contributed by atoms with E-state index in [-0.39, 0.29) is 11.2 Å². The Bertz CT molecular complexity index is 670. The Morgan fingerprint density at radius 1 is 1.04 bits per heavy atom. The zero-order valence-electron chi connectivity index (χ0n) is 16.3. The summed E-state index contributed by atoms with van der Waals surface area (Å²) in [5.74, 6) is -0.160. The molecule has 4 heteroatoms. The van der Waals surface area contributed by atoms with Crippen LogP contribution in [0.1, 0.15) is 44.6 Å². The van der Waals surface area contributed by atoms with Gasteiger partial charge in [0.1, 0.15) is 5.75 Å². The predicted molar refractivity (Wildman–Crippen MR) is 113 cm³/mol. The summed E-state index contributed by atoms with van der Waals surface area (Å²) in [7, 11) is 1.65. The number of benzene rings is 2. The molecular weight excluding hydrogens is 356 g/mol. The molecule has 0 aromatic heterocycles. The summed E-state index contributed by atoms with van der Waals surface area (Å²) in [5.41, 5.74) is 1.35. The van der Waals surface area contributed by atoms with E-state index in [1.165, 1.54) is 5.56 Å². The molecule has 2 rings (SSSR count). The Balaban J connectivity index is 1.98. The second-order valence-corrected chi connectivity index (χ2v) is 8.11. The number of carboxylic acid groups (broad SMARTS) is 1. The first kappa shape index (κ1) is 21.4. The third-order valence-corrected chi connectivity index (χ3v) is 6.17. The van der Waals surface area contributed by atoms with Crippen LogP contribution in [0.4, 0.5) is 0 Å². The van der Waals surface area contributed by atoms with Gasteiger partial charge in [0.25, 0.3) is 0 Å². The van der Waals surface area contributed by atoms with Gasteiger partial charge in [-0.1, -0.05) is 50.1 Å². The van der Waals surface area contributed by atoms with Gasteiger partial charge < -0.3 is 9.84 Å². The van der Waals surface area contributed by atoms with Crippen molar-refractivity contribution in [2.75, 3.05) is 7.11 Å². The number of methoxy groups -OCH3 is 1. The van der Waals surface area contributed by atoms with E-state index in [0.29, 0.717) is 0 Å². The van der Waals surface area contributed by atoms with Crippen LogP contribution in [0, 0.1) is 5.92 Å². The summed E-state index contributed by atoms with van der Waals surface area (Å²) < 4.78 is 5.22. The van der Waals surface area contributed by atoms with Crippen molar-refractivity contribution in [1.82, 2.24) is 0 Å².